The predicted octanol–water partition coefficient (Wildman–Crippen LogP) is 10.5. The van der Waals surface area contributed by atoms with Gasteiger partial charge in [-0.2, -0.15) is 0 Å². The molecule has 1 aromatic carbocycles. The zero-order chi connectivity index (χ0) is 36.4. The Morgan fingerprint density at radius 3 is 1.96 bits per heavy atom. The molecule has 0 saturated carbocycles. The van der Waals surface area contributed by atoms with Crippen LogP contribution in [0.25, 0.3) is 0 Å². The molecule has 0 radical (unpaired) electrons. The van der Waals surface area contributed by atoms with Crippen LogP contribution in [0.1, 0.15) is 133 Å². The molecule has 0 N–H and O–H groups in total. The second-order valence-corrected chi connectivity index (χ2v) is 13.6. The summed E-state index contributed by atoms with van der Waals surface area (Å²) in [5.74, 6) is 0.788. The molecule has 1 fully saturated rings. The second kappa shape index (κ2) is 21.1. The molecule has 8 heteroatoms. The fourth-order valence-corrected chi connectivity index (χ4v) is 6.45. The molecule has 2 aliphatic carbocycles. The van der Waals surface area contributed by atoms with Gasteiger partial charge in [0.05, 0.1) is 5.56 Å². The Hall–Kier alpha value is -4.33. The van der Waals surface area contributed by atoms with Gasteiger partial charge in [-0.3, -0.25) is 0 Å². The first-order valence-electron chi connectivity index (χ1n) is 19.0. The summed E-state index contributed by atoms with van der Waals surface area (Å²) in [5, 5.41) is 0. The van der Waals surface area contributed by atoms with Crippen LogP contribution in [-0.2, 0) is 28.5 Å². The lowest BCUT2D eigenvalue weighted by molar-refractivity contribution is -0.167. The van der Waals surface area contributed by atoms with Crippen LogP contribution in [0.15, 0.2) is 96.0 Å². The minimum absolute atomic E-state index is 0.279. The van der Waals surface area contributed by atoms with Crippen molar-refractivity contribution in [1.82, 2.24) is 0 Å². The fourth-order valence-electron chi connectivity index (χ4n) is 6.45. The van der Waals surface area contributed by atoms with Crippen molar-refractivity contribution in [3.63, 3.8) is 0 Å². The van der Waals surface area contributed by atoms with E-state index in [-0.39, 0.29) is 18.2 Å². The normalized spacial score (nSPS) is 18.4. The van der Waals surface area contributed by atoms with E-state index in [1.54, 1.807) is 24.3 Å². The number of rotatable bonds is 22. The summed E-state index contributed by atoms with van der Waals surface area (Å²) < 4.78 is 29.2. The van der Waals surface area contributed by atoms with Gasteiger partial charge in [-0.15, -0.1) is 0 Å². The van der Waals surface area contributed by atoms with Gasteiger partial charge >= 0.3 is 17.9 Å². The van der Waals surface area contributed by atoms with Crippen LogP contribution >= 0.6 is 0 Å². The zero-order valence-electron chi connectivity index (χ0n) is 30.6. The van der Waals surface area contributed by atoms with Gasteiger partial charge in [-0.05, 0) is 79.7 Å². The number of carbonyl (C=O) groups is 3. The van der Waals surface area contributed by atoms with Crippen LogP contribution < -0.4 is 4.74 Å². The molecule has 4 rings (SSSR count). The number of hydrogen-bond donors (Lipinski definition) is 0. The van der Waals surface area contributed by atoms with E-state index in [1.807, 2.05) is 18.2 Å². The van der Waals surface area contributed by atoms with Crippen molar-refractivity contribution < 1.29 is 38.1 Å². The van der Waals surface area contributed by atoms with Crippen LogP contribution in [0.3, 0.4) is 0 Å². The Morgan fingerprint density at radius 2 is 1.41 bits per heavy atom. The van der Waals surface area contributed by atoms with Gasteiger partial charge in [0, 0.05) is 37.3 Å². The quantitative estimate of drug-likeness (QED) is 0.0388. The second-order valence-electron chi connectivity index (χ2n) is 13.6. The maximum atomic E-state index is 13.0. The molecular formula is C43H56O8. The van der Waals surface area contributed by atoms with Gasteiger partial charge in [0.15, 0.2) is 0 Å². The van der Waals surface area contributed by atoms with E-state index in [9.17, 15) is 14.4 Å². The Labute approximate surface area is 304 Å². The number of ether oxygens (including phenoxy) is 5. The number of cyclic esters (lactones) is 1. The lowest BCUT2D eigenvalue weighted by atomic mass is 9.90. The highest BCUT2D eigenvalue weighted by molar-refractivity contribution is 5.90. The van der Waals surface area contributed by atoms with Gasteiger partial charge in [0.2, 0.25) is 6.29 Å². The summed E-state index contributed by atoms with van der Waals surface area (Å²) in [7, 11) is 0. The fraction of sp³-hybridized carbons (Fsp3) is 0.512. The van der Waals surface area contributed by atoms with Crippen molar-refractivity contribution in [2.24, 2.45) is 0 Å². The van der Waals surface area contributed by atoms with Crippen molar-refractivity contribution in [2.45, 2.75) is 141 Å². The Balaban J connectivity index is 1.29. The molecule has 1 heterocycles. The molecule has 3 aliphatic rings. The van der Waals surface area contributed by atoms with Crippen LogP contribution in [-0.4, -0.2) is 36.4 Å². The molecular weight excluding hydrogens is 644 g/mol. The first-order chi connectivity index (χ1) is 24.8. The Bertz CT molecular complexity index is 1460. The van der Waals surface area contributed by atoms with E-state index < -0.39 is 18.2 Å². The highest BCUT2D eigenvalue weighted by Gasteiger charge is 2.35. The molecule has 276 valence electrons. The Morgan fingerprint density at radius 1 is 0.804 bits per heavy atom. The molecule has 0 spiro atoms. The van der Waals surface area contributed by atoms with Crippen LogP contribution in [0, 0.1) is 0 Å². The van der Waals surface area contributed by atoms with E-state index in [1.165, 1.54) is 55.7 Å². The molecule has 0 bridgehead atoms. The maximum Gasteiger partial charge on any atom is 0.343 e. The van der Waals surface area contributed by atoms with E-state index in [0.717, 1.165) is 50.7 Å². The average Bonchev–Trinajstić information content (AvgIpc) is 3.48. The van der Waals surface area contributed by atoms with Gasteiger partial charge in [-0.1, -0.05) is 90.5 Å². The van der Waals surface area contributed by atoms with Crippen molar-refractivity contribution >= 4 is 17.9 Å². The molecule has 1 saturated heterocycles. The van der Waals surface area contributed by atoms with Crippen molar-refractivity contribution in [1.29, 1.82) is 0 Å². The summed E-state index contributed by atoms with van der Waals surface area (Å²) in [4.78, 5) is 36.9. The number of allylic oxidation sites excluding steroid dienone is 8. The summed E-state index contributed by atoms with van der Waals surface area (Å²) in [6.45, 7) is 11.7. The van der Waals surface area contributed by atoms with Crippen molar-refractivity contribution in [2.75, 3.05) is 0 Å². The van der Waals surface area contributed by atoms with E-state index in [0.29, 0.717) is 48.3 Å². The first kappa shape index (κ1) is 39.5. The minimum Gasteiger partial charge on any atom is -0.487 e. The number of unbranched alkanes of at least 4 members (excludes halogenated alkanes) is 8. The zero-order valence-corrected chi connectivity index (χ0v) is 30.6. The van der Waals surface area contributed by atoms with Gasteiger partial charge in [-0.25, -0.2) is 14.4 Å². The summed E-state index contributed by atoms with van der Waals surface area (Å²) in [6.07, 6.45) is 23.9. The van der Waals surface area contributed by atoms with Crippen LogP contribution in [0.4, 0.5) is 0 Å². The topological polar surface area (TPSA) is 97.4 Å². The predicted molar refractivity (Wildman–Crippen MR) is 199 cm³/mol. The van der Waals surface area contributed by atoms with E-state index in [2.05, 4.69) is 33.1 Å². The van der Waals surface area contributed by atoms with E-state index >= 15 is 0 Å². The highest BCUT2D eigenvalue weighted by atomic mass is 16.7. The number of esters is 3. The monoisotopic (exact) mass is 700 g/mol. The number of benzene rings is 1. The molecule has 3 unspecified atom stereocenters. The van der Waals surface area contributed by atoms with Crippen molar-refractivity contribution in [3.8, 4) is 5.75 Å². The third-order valence-electron chi connectivity index (χ3n) is 9.48. The average molecular weight is 701 g/mol. The molecule has 1 aromatic rings. The maximum absolute atomic E-state index is 13.0. The summed E-state index contributed by atoms with van der Waals surface area (Å²) in [6, 6.07) is 6.93. The minimum atomic E-state index is -0.613. The molecule has 3 atom stereocenters. The van der Waals surface area contributed by atoms with E-state index in [4.69, 9.17) is 23.7 Å². The standard InChI is InChI=1S/C43H56O8/c1-5-8-10-12-14-16-38(39-30-31(4)42(45)50-39)47-35-28-22-34(23-29-35)43(46)49-37-26-20-33(21-27-37)32-18-24-36(25-19-32)48-41(51-40(44)7-3)17-15-13-11-9-6-2/h7,18,20,22-24,26,28-29,38-39,41H,3-6,8-17,19,21,25,27,30H2,1-2H3. The number of carbonyl (C=O) groups excluding carboxylic acids is 3. The smallest absolute Gasteiger partial charge is 0.343 e. The summed E-state index contributed by atoms with van der Waals surface area (Å²) >= 11 is 0. The lowest BCUT2D eigenvalue weighted by Gasteiger charge is -2.24. The van der Waals surface area contributed by atoms with Crippen LogP contribution in [0.2, 0.25) is 0 Å². The highest BCUT2D eigenvalue weighted by Crippen LogP contribution is 2.33. The van der Waals surface area contributed by atoms with Gasteiger partial charge < -0.3 is 23.7 Å². The SMILES string of the molecule is C=CC(=O)OC(CCCCCCC)OC1=CC=C(C2=CC=C(OC(=O)c3ccc(OC(CCCCCCC)C4CC(=C)C(=O)O4)cc3)CC2)CC1. The first-order valence-corrected chi connectivity index (χ1v) is 19.0. The Kier molecular flexibility index (Phi) is 16.3. The molecule has 8 nitrogen and oxygen atoms in total. The number of hydrogen-bond acceptors (Lipinski definition) is 8. The van der Waals surface area contributed by atoms with Crippen LogP contribution in [0.5, 0.6) is 5.75 Å². The molecule has 0 amide bonds. The summed E-state index contributed by atoms with van der Waals surface area (Å²) in [5.41, 5.74) is 3.33. The molecule has 1 aliphatic heterocycles. The van der Waals surface area contributed by atoms with Gasteiger partial charge in [0.1, 0.15) is 29.5 Å². The van der Waals surface area contributed by atoms with Crippen molar-refractivity contribution in [3.05, 3.63) is 102 Å². The lowest BCUT2D eigenvalue weighted by Crippen LogP contribution is -2.31. The largest absolute Gasteiger partial charge is 0.487 e. The molecule has 51 heavy (non-hydrogen) atoms. The van der Waals surface area contributed by atoms with Gasteiger partial charge in [0.25, 0.3) is 0 Å². The third kappa shape index (κ3) is 13.1. The molecule has 0 aromatic heterocycles. The third-order valence-corrected chi connectivity index (χ3v) is 9.48.